The zero-order valence-electron chi connectivity index (χ0n) is 15.5. The summed E-state index contributed by atoms with van der Waals surface area (Å²) in [4.78, 5) is 28.2. The molecule has 3 N–H and O–H groups in total. The largest absolute Gasteiger partial charge is 0.497 e. The van der Waals surface area contributed by atoms with Crippen molar-refractivity contribution in [2.24, 2.45) is 0 Å². The van der Waals surface area contributed by atoms with Crippen LogP contribution in [0.2, 0.25) is 0 Å². The maximum atomic E-state index is 14.2. The van der Waals surface area contributed by atoms with E-state index in [2.05, 4.69) is 10.3 Å². The van der Waals surface area contributed by atoms with Crippen molar-refractivity contribution in [1.82, 2.24) is 9.55 Å². The van der Waals surface area contributed by atoms with Crippen molar-refractivity contribution in [3.8, 4) is 5.75 Å². The van der Waals surface area contributed by atoms with Gasteiger partial charge in [0.25, 0.3) is 5.91 Å². The molecule has 1 saturated heterocycles. The molecule has 3 rings (SSSR count). The van der Waals surface area contributed by atoms with Crippen LogP contribution < -0.4 is 15.7 Å². The van der Waals surface area contributed by atoms with Crippen LogP contribution in [-0.2, 0) is 4.74 Å². The number of methoxy groups -OCH3 is 1. The zero-order chi connectivity index (χ0) is 21.3. The summed E-state index contributed by atoms with van der Waals surface area (Å²) in [6.45, 7) is 0.929. The number of rotatable bonds is 5. The van der Waals surface area contributed by atoms with Gasteiger partial charge in [0, 0.05) is 11.8 Å². The van der Waals surface area contributed by atoms with Gasteiger partial charge in [0.1, 0.15) is 17.7 Å². The summed E-state index contributed by atoms with van der Waals surface area (Å²) in [5, 5.41) is 21.0. The highest BCUT2D eigenvalue weighted by atomic mass is 19.3. The Morgan fingerprint density at radius 3 is 2.72 bits per heavy atom. The lowest BCUT2D eigenvalue weighted by molar-refractivity contribution is -0.140. The van der Waals surface area contributed by atoms with Gasteiger partial charge in [-0.3, -0.25) is 9.36 Å². The number of nitrogens with one attached hydrogen (secondary N) is 1. The van der Waals surface area contributed by atoms with E-state index >= 15 is 0 Å². The number of aryl methyl sites for hydroxylation is 1. The van der Waals surface area contributed by atoms with Crippen LogP contribution in [0.1, 0.15) is 22.1 Å². The normalized spacial score (nSPS) is 23.0. The van der Waals surface area contributed by atoms with Gasteiger partial charge in [-0.1, -0.05) is 0 Å². The topological polar surface area (TPSA) is 123 Å². The number of benzene rings is 1. The minimum absolute atomic E-state index is 0.155. The summed E-state index contributed by atoms with van der Waals surface area (Å²) >= 11 is 0. The summed E-state index contributed by atoms with van der Waals surface area (Å²) in [6, 6.07) is 5.96. The van der Waals surface area contributed by atoms with Gasteiger partial charge in [0.05, 0.1) is 13.7 Å². The number of amides is 1. The summed E-state index contributed by atoms with van der Waals surface area (Å²) < 4.78 is 38.9. The Kier molecular flexibility index (Phi) is 5.64. The van der Waals surface area contributed by atoms with E-state index in [0.29, 0.717) is 10.3 Å². The number of carbonyl (C=O) groups excluding carboxylic acids is 1. The standard InChI is InChI=1S/C18H19F2N3O6/c1-9-5-10(7-11(6-9)28-2)15(26)21-13-3-4-23(17(27)22-13)16-18(19,20)14(25)12(8-24)29-16/h3-7,12,14,16,24-25H,8H2,1-2H3,(H,21,22,26,27)/t12-,14-,16?/m1/s1. The molecule has 3 atom stereocenters. The third-order valence-electron chi connectivity index (χ3n) is 4.43. The van der Waals surface area contributed by atoms with E-state index in [0.717, 1.165) is 17.8 Å². The number of anilines is 1. The third-order valence-corrected chi connectivity index (χ3v) is 4.43. The molecule has 29 heavy (non-hydrogen) atoms. The highest BCUT2D eigenvalue weighted by molar-refractivity contribution is 6.04. The van der Waals surface area contributed by atoms with Crippen molar-refractivity contribution in [1.29, 1.82) is 0 Å². The SMILES string of the molecule is COc1cc(C)cc(C(=O)Nc2ccn(C3O[C@H](CO)[C@@H](O)C3(F)F)c(=O)n2)c1. The maximum Gasteiger partial charge on any atom is 0.351 e. The Hall–Kier alpha value is -2.89. The van der Waals surface area contributed by atoms with Gasteiger partial charge in [-0.2, -0.15) is 13.8 Å². The van der Waals surface area contributed by atoms with Crippen LogP contribution in [0.15, 0.2) is 35.3 Å². The molecule has 1 fully saturated rings. The molecule has 156 valence electrons. The second kappa shape index (κ2) is 7.85. The first kappa shape index (κ1) is 20.8. The first-order valence-electron chi connectivity index (χ1n) is 8.55. The van der Waals surface area contributed by atoms with Gasteiger partial charge in [-0.05, 0) is 36.8 Å². The van der Waals surface area contributed by atoms with Crippen LogP contribution in [0, 0.1) is 6.92 Å². The summed E-state index contributed by atoms with van der Waals surface area (Å²) in [5.74, 6) is -4.08. The van der Waals surface area contributed by atoms with E-state index < -0.39 is 42.6 Å². The molecule has 0 saturated carbocycles. The average Bonchev–Trinajstić information content (AvgIpc) is 2.90. The number of carbonyl (C=O) groups is 1. The fraction of sp³-hybridized carbons (Fsp3) is 0.389. The minimum atomic E-state index is -3.82. The van der Waals surface area contributed by atoms with Gasteiger partial charge < -0.3 is 25.0 Å². The van der Waals surface area contributed by atoms with Crippen LogP contribution >= 0.6 is 0 Å². The summed E-state index contributed by atoms with van der Waals surface area (Å²) in [7, 11) is 1.46. The number of aliphatic hydroxyl groups is 2. The molecule has 2 aromatic rings. The molecule has 0 aliphatic carbocycles. The third kappa shape index (κ3) is 3.97. The maximum absolute atomic E-state index is 14.2. The van der Waals surface area contributed by atoms with Crippen LogP contribution in [0.25, 0.3) is 0 Å². The van der Waals surface area contributed by atoms with E-state index in [1.807, 2.05) is 0 Å². The molecule has 1 amide bonds. The van der Waals surface area contributed by atoms with E-state index in [-0.39, 0.29) is 11.4 Å². The summed E-state index contributed by atoms with van der Waals surface area (Å²) in [5.41, 5.74) is -0.0945. The lowest BCUT2D eigenvalue weighted by atomic mass is 10.1. The zero-order valence-corrected chi connectivity index (χ0v) is 15.5. The number of hydrogen-bond donors (Lipinski definition) is 3. The molecule has 0 radical (unpaired) electrons. The first-order chi connectivity index (χ1) is 13.7. The van der Waals surface area contributed by atoms with Crippen molar-refractivity contribution in [3.05, 3.63) is 52.1 Å². The van der Waals surface area contributed by atoms with Crippen molar-refractivity contribution >= 4 is 11.7 Å². The predicted octanol–water partition coefficient (Wildman–Crippen LogP) is 0.699. The molecule has 2 heterocycles. The number of halogens is 2. The second-order valence-electron chi connectivity index (χ2n) is 6.52. The van der Waals surface area contributed by atoms with Gasteiger partial charge in [-0.25, -0.2) is 4.79 Å². The number of nitrogens with zero attached hydrogens (tertiary/aromatic N) is 2. The fourth-order valence-electron chi connectivity index (χ4n) is 2.96. The van der Waals surface area contributed by atoms with Crippen molar-refractivity contribution in [2.45, 2.75) is 31.3 Å². The average molecular weight is 411 g/mol. The second-order valence-corrected chi connectivity index (χ2v) is 6.52. The van der Waals surface area contributed by atoms with Crippen LogP contribution in [-0.4, -0.2) is 57.5 Å². The Bertz CT molecular complexity index is 980. The molecule has 1 aromatic carbocycles. The van der Waals surface area contributed by atoms with Crippen LogP contribution in [0.4, 0.5) is 14.6 Å². The van der Waals surface area contributed by atoms with Gasteiger partial charge >= 0.3 is 11.6 Å². The number of alkyl halides is 2. The molecule has 11 heteroatoms. The Balaban J connectivity index is 1.83. The number of aromatic nitrogens is 2. The highest BCUT2D eigenvalue weighted by Gasteiger charge is 2.59. The number of hydrogen-bond acceptors (Lipinski definition) is 7. The molecular formula is C18H19F2N3O6. The minimum Gasteiger partial charge on any atom is -0.497 e. The van der Waals surface area contributed by atoms with Crippen molar-refractivity contribution < 1.29 is 33.3 Å². The van der Waals surface area contributed by atoms with E-state index in [9.17, 15) is 23.5 Å². The number of aliphatic hydroxyl groups excluding tert-OH is 2. The Morgan fingerprint density at radius 2 is 2.14 bits per heavy atom. The smallest absolute Gasteiger partial charge is 0.351 e. The van der Waals surface area contributed by atoms with E-state index in [1.165, 1.54) is 13.2 Å². The highest BCUT2D eigenvalue weighted by Crippen LogP contribution is 2.41. The molecule has 0 spiro atoms. The number of ether oxygens (including phenoxy) is 2. The fourth-order valence-corrected chi connectivity index (χ4v) is 2.96. The predicted molar refractivity (Wildman–Crippen MR) is 96.1 cm³/mol. The molecule has 0 bridgehead atoms. The molecule has 1 aliphatic heterocycles. The van der Waals surface area contributed by atoms with Crippen molar-refractivity contribution in [2.75, 3.05) is 19.0 Å². The van der Waals surface area contributed by atoms with E-state index in [1.54, 1.807) is 19.1 Å². The molecule has 1 unspecified atom stereocenters. The van der Waals surface area contributed by atoms with Crippen LogP contribution in [0.3, 0.4) is 0 Å². The molecule has 1 aliphatic rings. The monoisotopic (exact) mass is 411 g/mol. The molecule has 1 aromatic heterocycles. The van der Waals surface area contributed by atoms with Gasteiger partial charge in [0.15, 0.2) is 6.10 Å². The van der Waals surface area contributed by atoms with Crippen LogP contribution in [0.5, 0.6) is 5.75 Å². The summed E-state index contributed by atoms with van der Waals surface area (Å²) in [6.07, 6.45) is -4.99. The lowest BCUT2D eigenvalue weighted by Crippen LogP contribution is -2.41. The molecular weight excluding hydrogens is 392 g/mol. The lowest BCUT2D eigenvalue weighted by Gasteiger charge is -2.21. The van der Waals surface area contributed by atoms with Crippen molar-refractivity contribution in [3.63, 3.8) is 0 Å². The Labute approximate surface area is 163 Å². The Morgan fingerprint density at radius 1 is 1.41 bits per heavy atom. The van der Waals surface area contributed by atoms with E-state index in [4.69, 9.17) is 14.6 Å². The van der Waals surface area contributed by atoms with Gasteiger partial charge in [0.2, 0.25) is 6.23 Å². The first-order valence-corrected chi connectivity index (χ1v) is 8.55. The quantitative estimate of drug-likeness (QED) is 0.662. The van der Waals surface area contributed by atoms with Gasteiger partial charge in [-0.15, -0.1) is 0 Å². The molecule has 9 nitrogen and oxygen atoms in total.